The molecule has 1 fully saturated rings. The van der Waals surface area contributed by atoms with Gasteiger partial charge < -0.3 is 10.6 Å². The van der Waals surface area contributed by atoms with Crippen LogP contribution < -0.4 is 10.6 Å². The molecule has 98 valence electrons. The molecule has 6 nitrogen and oxygen atoms in total. The van der Waals surface area contributed by atoms with Gasteiger partial charge in [0.1, 0.15) is 11.9 Å². The lowest BCUT2D eigenvalue weighted by Crippen LogP contribution is -2.29. The van der Waals surface area contributed by atoms with E-state index < -0.39 is 5.38 Å². The van der Waals surface area contributed by atoms with Crippen LogP contribution in [0.5, 0.6) is 0 Å². The molecule has 0 radical (unpaired) electrons. The smallest absolute Gasteiger partial charge is 0.242 e. The second-order valence-corrected chi connectivity index (χ2v) is 5.03. The van der Waals surface area contributed by atoms with Gasteiger partial charge in [-0.05, 0) is 19.8 Å². The Kier molecular flexibility index (Phi) is 3.86. The van der Waals surface area contributed by atoms with E-state index in [2.05, 4.69) is 15.7 Å². The maximum absolute atomic E-state index is 11.5. The van der Waals surface area contributed by atoms with Crippen LogP contribution in [0.25, 0.3) is 0 Å². The highest BCUT2D eigenvalue weighted by atomic mass is 35.5. The summed E-state index contributed by atoms with van der Waals surface area (Å²) in [6.07, 6.45) is 5.20. The Bertz CT molecular complexity index is 454. The van der Waals surface area contributed by atoms with Crippen molar-refractivity contribution >= 4 is 29.1 Å². The second-order valence-electron chi connectivity index (χ2n) is 4.37. The van der Waals surface area contributed by atoms with Crippen molar-refractivity contribution in [3.63, 3.8) is 0 Å². The van der Waals surface area contributed by atoms with Crippen molar-refractivity contribution in [3.05, 3.63) is 12.4 Å². The molecule has 7 heteroatoms. The van der Waals surface area contributed by atoms with Gasteiger partial charge in [-0.25, -0.2) is 0 Å². The molecular weight excluding hydrogens is 256 g/mol. The number of carbonyl (C=O) groups is 2. The molecule has 1 saturated carbocycles. The summed E-state index contributed by atoms with van der Waals surface area (Å²) in [5, 5.41) is 8.85. The van der Waals surface area contributed by atoms with E-state index in [4.69, 9.17) is 11.6 Å². The lowest BCUT2D eigenvalue weighted by molar-refractivity contribution is -0.122. The van der Waals surface area contributed by atoms with E-state index in [9.17, 15) is 9.59 Å². The number of nitrogens with one attached hydrogen (secondary N) is 2. The number of halogens is 1. The van der Waals surface area contributed by atoms with Gasteiger partial charge in [-0.3, -0.25) is 14.3 Å². The van der Waals surface area contributed by atoms with E-state index >= 15 is 0 Å². The van der Waals surface area contributed by atoms with Crippen molar-refractivity contribution in [2.75, 3.05) is 5.32 Å². The van der Waals surface area contributed by atoms with Crippen LogP contribution in [0.4, 0.5) is 5.69 Å². The molecular formula is C11H15ClN4O2. The lowest BCUT2D eigenvalue weighted by atomic mass is 10.4. The zero-order valence-electron chi connectivity index (χ0n) is 10.0. The molecule has 1 atom stereocenters. The van der Waals surface area contributed by atoms with Crippen LogP contribution in [0, 0.1) is 0 Å². The first-order chi connectivity index (χ1) is 8.54. The van der Waals surface area contributed by atoms with E-state index in [1.54, 1.807) is 13.1 Å². The summed E-state index contributed by atoms with van der Waals surface area (Å²) >= 11 is 5.63. The lowest BCUT2D eigenvalue weighted by Gasteiger charge is -2.04. The van der Waals surface area contributed by atoms with Crippen LogP contribution in [0.3, 0.4) is 0 Å². The minimum Gasteiger partial charge on any atom is -0.352 e. The number of hydrogen-bond donors (Lipinski definition) is 2. The summed E-state index contributed by atoms with van der Waals surface area (Å²) in [5.41, 5.74) is 0.534. The van der Waals surface area contributed by atoms with E-state index in [-0.39, 0.29) is 18.4 Å². The van der Waals surface area contributed by atoms with Crippen molar-refractivity contribution in [2.24, 2.45) is 0 Å². The first-order valence-corrected chi connectivity index (χ1v) is 6.25. The highest BCUT2D eigenvalue weighted by Gasteiger charge is 2.23. The highest BCUT2D eigenvalue weighted by molar-refractivity contribution is 6.32. The quantitative estimate of drug-likeness (QED) is 0.775. The normalized spacial score (nSPS) is 16.1. The summed E-state index contributed by atoms with van der Waals surface area (Å²) < 4.78 is 1.48. The average Bonchev–Trinajstić information content (AvgIpc) is 2.99. The summed E-state index contributed by atoms with van der Waals surface area (Å²) in [7, 11) is 0. The Morgan fingerprint density at radius 1 is 1.61 bits per heavy atom. The molecule has 1 aromatic rings. The second kappa shape index (κ2) is 5.39. The molecule has 2 N–H and O–H groups in total. The number of aromatic nitrogens is 2. The van der Waals surface area contributed by atoms with Crippen LogP contribution in [-0.4, -0.2) is 33.0 Å². The number of alkyl halides is 1. The third-order valence-electron chi connectivity index (χ3n) is 2.51. The van der Waals surface area contributed by atoms with Gasteiger partial charge in [-0.15, -0.1) is 11.6 Å². The highest BCUT2D eigenvalue weighted by Crippen LogP contribution is 2.18. The first kappa shape index (κ1) is 12.9. The maximum atomic E-state index is 11.5. The predicted octanol–water partition coefficient (Wildman–Crippen LogP) is 0.727. The van der Waals surface area contributed by atoms with Gasteiger partial charge in [0.2, 0.25) is 11.8 Å². The Balaban J connectivity index is 1.85. The molecule has 1 aliphatic rings. The van der Waals surface area contributed by atoms with Crippen molar-refractivity contribution in [1.29, 1.82) is 0 Å². The third-order valence-corrected chi connectivity index (χ3v) is 2.71. The number of hydrogen-bond acceptors (Lipinski definition) is 3. The summed E-state index contributed by atoms with van der Waals surface area (Å²) in [6, 6.07) is 0.337. The number of nitrogens with zero attached hydrogens (tertiary/aromatic N) is 2. The number of carbonyl (C=O) groups excluding carboxylic acids is 2. The van der Waals surface area contributed by atoms with Crippen LogP contribution in [0.1, 0.15) is 19.8 Å². The summed E-state index contributed by atoms with van der Waals surface area (Å²) in [6.45, 7) is 1.74. The van der Waals surface area contributed by atoms with Crippen molar-refractivity contribution in [1.82, 2.24) is 15.1 Å². The number of rotatable bonds is 5. The Morgan fingerprint density at radius 2 is 2.33 bits per heavy atom. The molecule has 0 aliphatic heterocycles. The zero-order valence-corrected chi connectivity index (χ0v) is 10.8. The predicted molar refractivity (Wildman–Crippen MR) is 67.3 cm³/mol. The monoisotopic (exact) mass is 270 g/mol. The van der Waals surface area contributed by atoms with E-state index in [1.165, 1.54) is 10.9 Å². The van der Waals surface area contributed by atoms with Gasteiger partial charge in [0, 0.05) is 12.2 Å². The molecule has 1 aliphatic carbocycles. The SMILES string of the molecule is CC(Cl)C(=O)Nc1cnn(CC(=O)NC2CC2)c1. The fourth-order valence-electron chi connectivity index (χ4n) is 1.40. The minimum atomic E-state index is -0.605. The van der Waals surface area contributed by atoms with Crippen molar-refractivity contribution in [3.8, 4) is 0 Å². The standard InChI is InChI=1S/C11H15ClN4O2/c1-7(12)11(18)15-9-4-13-16(5-9)6-10(17)14-8-2-3-8/h4-5,7-8H,2-3,6H2,1H3,(H,14,17)(H,15,18). The Morgan fingerprint density at radius 3 is 2.94 bits per heavy atom. The van der Waals surface area contributed by atoms with Gasteiger partial charge in [-0.2, -0.15) is 5.10 Å². The number of anilines is 1. The zero-order chi connectivity index (χ0) is 13.1. The van der Waals surface area contributed by atoms with Crippen molar-refractivity contribution in [2.45, 2.75) is 37.7 Å². The fourth-order valence-corrected chi connectivity index (χ4v) is 1.46. The van der Waals surface area contributed by atoms with Gasteiger partial charge >= 0.3 is 0 Å². The molecule has 0 bridgehead atoms. The molecule has 1 unspecified atom stereocenters. The first-order valence-electron chi connectivity index (χ1n) is 5.81. The van der Waals surface area contributed by atoms with Crippen molar-refractivity contribution < 1.29 is 9.59 Å². The number of amides is 2. The molecule has 18 heavy (non-hydrogen) atoms. The average molecular weight is 271 g/mol. The van der Waals surface area contributed by atoms with Crippen LogP contribution in [-0.2, 0) is 16.1 Å². The van der Waals surface area contributed by atoms with Gasteiger partial charge in [0.15, 0.2) is 0 Å². The molecule has 0 aromatic carbocycles. The largest absolute Gasteiger partial charge is 0.352 e. The van der Waals surface area contributed by atoms with E-state index in [0.717, 1.165) is 12.8 Å². The van der Waals surface area contributed by atoms with Crippen LogP contribution in [0.15, 0.2) is 12.4 Å². The fraction of sp³-hybridized carbons (Fsp3) is 0.545. The van der Waals surface area contributed by atoms with Crippen LogP contribution in [0.2, 0.25) is 0 Å². The van der Waals surface area contributed by atoms with E-state index in [0.29, 0.717) is 11.7 Å². The van der Waals surface area contributed by atoms with E-state index in [1.807, 2.05) is 0 Å². The molecule has 1 heterocycles. The molecule has 2 rings (SSSR count). The topological polar surface area (TPSA) is 76.0 Å². The Labute approximate surface area is 110 Å². The molecule has 1 aromatic heterocycles. The third kappa shape index (κ3) is 3.73. The molecule has 2 amide bonds. The maximum Gasteiger partial charge on any atom is 0.242 e. The van der Waals surface area contributed by atoms with Gasteiger partial charge in [0.05, 0.1) is 11.9 Å². The molecule has 0 saturated heterocycles. The minimum absolute atomic E-state index is 0.0656. The summed E-state index contributed by atoms with van der Waals surface area (Å²) in [5.74, 6) is -0.358. The van der Waals surface area contributed by atoms with Crippen LogP contribution >= 0.6 is 11.6 Å². The molecule has 0 spiro atoms. The summed E-state index contributed by atoms with van der Waals surface area (Å²) in [4.78, 5) is 22.9. The van der Waals surface area contributed by atoms with Gasteiger partial charge in [0.25, 0.3) is 0 Å². The van der Waals surface area contributed by atoms with Gasteiger partial charge in [-0.1, -0.05) is 0 Å². The Hall–Kier alpha value is -1.56.